The highest BCUT2D eigenvalue weighted by Crippen LogP contribution is 2.30. The third-order valence-corrected chi connectivity index (χ3v) is 7.53. The second-order valence-electron chi connectivity index (χ2n) is 10.0. The van der Waals surface area contributed by atoms with Crippen LogP contribution in [0.1, 0.15) is 38.5 Å². The summed E-state index contributed by atoms with van der Waals surface area (Å²) < 4.78 is 11.7. The summed E-state index contributed by atoms with van der Waals surface area (Å²) in [6.07, 6.45) is 8.64. The van der Waals surface area contributed by atoms with Crippen molar-refractivity contribution in [3.8, 4) is 5.75 Å². The van der Waals surface area contributed by atoms with Crippen LogP contribution in [0.15, 0.2) is 48.8 Å². The van der Waals surface area contributed by atoms with Gasteiger partial charge in [-0.05, 0) is 68.1 Å². The minimum atomic E-state index is -0.0412. The minimum absolute atomic E-state index is 0.0412. The molecule has 8 heteroatoms. The van der Waals surface area contributed by atoms with Gasteiger partial charge in [-0.2, -0.15) is 0 Å². The molecule has 2 aromatic rings. The first-order valence-electron chi connectivity index (χ1n) is 13.2. The Kier molecular flexibility index (Phi) is 8.13. The van der Waals surface area contributed by atoms with Crippen molar-refractivity contribution in [1.29, 1.82) is 0 Å². The van der Waals surface area contributed by atoms with Crippen molar-refractivity contribution >= 4 is 23.2 Å². The maximum Gasteiger partial charge on any atom is 0.236 e. The fourth-order valence-corrected chi connectivity index (χ4v) is 5.35. The summed E-state index contributed by atoms with van der Waals surface area (Å²) in [5.74, 6) is 1.55. The quantitative estimate of drug-likeness (QED) is 0.637. The summed E-state index contributed by atoms with van der Waals surface area (Å²) in [4.78, 5) is 34.0. The molecular formula is C28H36N4O4. The van der Waals surface area contributed by atoms with Crippen LogP contribution in [0.2, 0.25) is 0 Å². The van der Waals surface area contributed by atoms with Gasteiger partial charge < -0.3 is 19.7 Å². The predicted octanol–water partition coefficient (Wildman–Crippen LogP) is 3.54. The van der Waals surface area contributed by atoms with Crippen LogP contribution in [0.5, 0.6) is 5.75 Å². The van der Waals surface area contributed by atoms with Gasteiger partial charge in [0.05, 0.1) is 17.8 Å². The summed E-state index contributed by atoms with van der Waals surface area (Å²) in [6, 6.07) is 11.5. The molecule has 3 saturated heterocycles. The van der Waals surface area contributed by atoms with Crippen LogP contribution in [0.25, 0.3) is 0 Å². The molecule has 0 radical (unpaired) electrons. The number of hydrogen-bond donors (Lipinski definition) is 1. The van der Waals surface area contributed by atoms with Crippen molar-refractivity contribution in [2.24, 2.45) is 11.8 Å². The molecule has 0 unspecified atom stereocenters. The lowest BCUT2D eigenvalue weighted by Gasteiger charge is -2.33. The van der Waals surface area contributed by atoms with E-state index in [1.165, 1.54) is 0 Å². The number of nitrogens with zero attached hydrogens (tertiary/aromatic N) is 3. The van der Waals surface area contributed by atoms with Gasteiger partial charge in [0, 0.05) is 64.0 Å². The number of carbonyl (C=O) groups is 2. The normalized spacial score (nSPS) is 21.3. The molecule has 4 heterocycles. The highest BCUT2D eigenvalue weighted by Gasteiger charge is 2.30. The van der Waals surface area contributed by atoms with Gasteiger partial charge in [-0.3, -0.25) is 19.5 Å². The van der Waals surface area contributed by atoms with Gasteiger partial charge in [0.1, 0.15) is 11.9 Å². The van der Waals surface area contributed by atoms with Crippen molar-refractivity contribution in [1.82, 2.24) is 15.2 Å². The maximum atomic E-state index is 13.3. The second-order valence-corrected chi connectivity index (χ2v) is 10.0. The number of pyridine rings is 1. The largest absolute Gasteiger partial charge is 0.490 e. The molecule has 3 fully saturated rings. The zero-order valence-corrected chi connectivity index (χ0v) is 20.8. The van der Waals surface area contributed by atoms with Crippen molar-refractivity contribution in [2.45, 2.75) is 44.6 Å². The molecule has 1 atom stereocenters. The van der Waals surface area contributed by atoms with Crippen LogP contribution in [0.3, 0.4) is 0 Å². The molecule has 3 aliphatic rings. The Bertz CT molecular complexity index is 996. The number of hydrogen-bond acceptors (Lipinski definition) is 6. The van der Waals surface area contributed by atoms with E-state index in [1.54, 1.807) is 17.3 Å². The Hall–Kier alpha value is -2.97. The van der Waals surface area contributed by atoms with Gasteiger partial charge in [-0.25, -0.2) is 0 Å². The van der Waals surface area contributed by atoms with Gasteiger partial charge in [0.15, 0.2) is 0 Å². The summed E-state index contributed by atoms with van der Waals surface area (Å²) in [7, 11) is 0. The number of nitrogens with one attached hydrogen (secondary N) is 1. The third kappa shape index (κ3) is 6.05. The Labute approximate surface area is 213 Å². The fraction of sp³-hybridized carbons (Fsp3) is 0.536. The van der Waals surface area contributed by atoms with E-state index in [9.17, 15) is 9.59 Å². The van der Waals surface area contributed by atoms with Crippen LogP contribution in [0, 0.1) is 11.8 Å². The molecule has 1 aromatic heterocycles. The van der Waals surface area contributed by atoms with Crippen LogP contribution in [0.4, 0.5) is 11.4 Å². The zero-order chi connectivity index (χ0) is 24.7. The van der Waals surface area contributed by atoms with Crippen molar-refractivity contribution in [3.05, 3.63) is 48.8 Å². The average Bonchev–Trinajstić information content (AvgIpc) is 3.47. The lowest BCUT2D eigenvalue weighted by molar-refractivity contribution is -0.134. The number of rotatable bonds is 7. The van der Waals surface area contributed by atoms with Gasteiger partial charge >= 0.3 is 0 Å². The zero-order valence-electron chi connectivity index (χ0n) is 20.8. The van der Waals surface area contributed by atoms with Gasteiger partial charge in [-0.15, -0.1) is 0 Å². The lowest BCUT2D eigenvalue weighted by atomic mass is 9.95. The Morgan fingerprint density at radius 3 is 2.47 bits per heavy atom. The Morgan fingerprint density at radius 2 is 1.81 bits per heavy atom. The van der Waals surface area contributed by atoms with Gasteiger partial charge in [0.2, 0.25) is 11.8 Å². The van der Waals surface area contributed by atoms with Crippen LogP contribution < -0.4 is 15.0 Å². The van der Waals surface area contributed by atoms with E-state index in [4.69, 9.17) is 9.47 Å². The van der Waals surface area contributed by atoms with E-state index in [1.807, 2.05) is 41.3 Å². The van der Waals surface area contributed by atoms with Gasteiger partial charge in [-0.1, -0.05) is 0 Å². The second kappa shape index (κ2) is 11.8. The van der Waals surface area contributed by atoms with Crippen molar-refractivity contribution in [2.75, 3.05) is 44.3 Å². The smallest absolute Gasteiger partial charge is 0.236 e. The lowest BCUT2D eigenvalue weighted by Crippen LogP contribution is -2.42. The molecule has 1 N–H and O–H groups in total. The van der Waals surface area contributed by atoms with E-state index in [-0.39, 0.29) is 23.8 Å². The summed E-state index contributed by atoms with van der Waals surface area (Å²) in [6.45, 7) is 4.60. The standard InChI is InChI=1S/C28H36N4O4/c33-27(18-21-10-16-35-17-11-21)31-14-8-26(9-15-31)36-25-5-3-23(4-6-25)32(24-2-1-12-29-20-24)28(34)22-7-13-30-19-22/h1-6,12,20-22,26,30H,7-11,13-19H2/t22-/m0/s1. The fourth-order valence-electron chi connectivity index (χ4n) is 5.35. The molecule has 3 aliphatic heterocycles. The molecule has 36 heavy (non-hydrogen) atoms. The van der Waals surface area contributed by atoms with Crippen molar-refractivity contribution in [3.63, 3.8) is 0 Å². The number of benzene rings is 1. The van der Waals surface area contributed by atoms with Crippen LogP contribution in [-0.2, 0) is 14.3 Å². The summed E-state index contributed by atoms with van der Waals surface area (Å²) in [5.41, 5.74) is 1.57. The first-order valence-corrected chi connectivity index (χ1v) is 13.2. The molecule has 0 saturated carbocycles. The number of amides is 2. The molecule has 5 rings (SSSR count). The van der Waals surface area contributed by atoms with E-state index >= 15 is 0 Å². The molecule has 0 spiro atoms. The third-order valence-electron chi connectivity index (χ3n) is 7.53. The SMILES string of the molecule is O=C(CC1CCOCC1)N1CCC(Oc2ccc(N(C(=O)[C@H]3CCNC3)c3cccnc3)cc2)CC1. The molecule has 192 valence electrons. The predicted molar refractivity (Wildman–Crippen MR) is 137 cm³/mol. The number of carbonyl (C=O) groups excluding carboxylic acids is 2. The van der Waals surface area contributed by atoms with Gasteiger partial charge in [0.25, 0.3) is 0 Å². The molecular weight excluding hydrogens is 456 g/mol. The molecule has 0 bridgehead atoms. The number of piperidine rings is 1. The number of aromatic nitrogens is 1. The summed E-state index contributed by atoms with van der Waals surface area (Å²) in [5, 5.41) is 3.28. The summed E-state index contributed by atoms with van der Waals surface area (Å²) >= 11 is 0. The van der Waals surface area contributed by atoms with E-state index in [0.717, 1.165) is 82.1 Å². The van der Waals surface area contributed by atoms with E-state index in [0.29, 0.717) is 18.9 Å². The number of ether oxygens (including phenoxy) is 2. The minimum Gasteiger partial charge on any atom is -0.490 e. The topological polar surface area (TPSA) is 84.0 Å². The van der Waals surface area contributed by atoms with E-state index < -0.39 is 0 Å². The highest BCUT2D eigenvalue weighted by molar-refractivity contribution is 6.02. The van der Waals surface area contributed by atoms with Crippen molar-refractivity contribution < 1.29 is 19.1 Å². The Morgan fingerprint density at radius 1 is 1.03 bits per heavy atom. The molecule has 2 amide bonds. The highest BCUT2D eigenvalue weighted by atomic mass is 16.5. The first-order chi connectivity index (χ1) is 17.7. The first kappa shape index (κ1) is 24.7. The van der Waals surface area contributed by atoms with Crippen LogP contribution in [-0.4, -0.2) is 67.2 Å². The number of anilines is 2. The molecule has 1 aromatic carbocycles. The maximum absolute atomic E-state index is 13.3. The molecule has 8 nitrogen and oxygen atoms in total. The van der Waals surface area contributed by atoms with E-state index in [2.05, 4.69) is 10.3 Å². The molecule has 0 aliphatic carbocycles. The monoisotopic (exact) mass is 492 g/mol. The Balaban J connectivity index is 1.17. The van der Waals surface area contributed by atoms with Crippen LogP contribution >= 0.6 is 0 Å². The number of likely N-dealkylation sites (tertiary alicyclic amines) is 1. The average molecular weight is 493 g/mol.